The summed E-state index contributed by atoms with van der Waals surface area (Å²) < 4.78 is 5.09. The van der Waals surface area contributed by atoms with Crippen molar-refractivity contribution in [3.05, 3.63) is 42.1 Å². The molecule has 0 aliphatic rings. The highest BCUT2D eigenvalue weighted by Crippen LogP contribution is 2.30. The van der Waals surface area contributed by atoms with E-state index in [1.165, 1.54) is 11.8 Å². The van der Waals surface area contributed by atoms with E-state index in [4.69, 9.17) is 15.7 Å². The highest BCUT2D eigenvalue weighted by molar-refractivity contribution is 7.99. The summed E-state index contributed by atoms with van der Waals surface area (Å²) in [7, 11) is 1.62. The van der Waals surface area contributed by atoms with E-state index in [1.54, 1.807) is 19.4 Å². The number of benzene rings is 1. The van der Waals surface area contributed by atoms with Crippen molar-refractivity contribution < 1.29 is 4.74 Å². The van der Waals surface area contributed by atoms with Gasteiger partial charge in [0, 0.05) is 4.90 Å². The molecule has 5 heteroatoms. The van der Waals surface area contributed by atoms with Crippen LogP contribution in [-0.4, -0.2) is 12.1 Å². The molecule has 2 rings (SSSR count). The first kappa shape index (κ1) is 12.3. The molecule has 1 aromatic heterocycles. The van der Waals surface area contributed by atoms with Gasteiger partial charge >= 0.3 is 0 Å². The lowest BCUT2D eigenvalue weighted by Crippen LogP contribution is -1.91. The zero-order chi connectivity index (χ0) is 13.0. The van der Waals surface area contributed by atoms with Crippen LogP contribution in [-0.2, 0) is 0 Å². The van der Waals surface area contributed by atoms with E-state index in [0.29, 0.717) is 16.3 Å². The molecular formula is C13H11N3OS. The van der Waals surface area contributed by atoms with E-state index in [0.717, 1.165) is 10.6 Å². The molecule has 2 aromatic rings. The minimum absolute atomic E-state index is 0.482. The number of nitriles is 1. The van der Waals surface area contributed by atoms with E-state index in [1.807, 2.05) is 24.3 Å². The molecule has 0 saturated carbocycles. The van der Waals surface area contributed by atoms with E-state index in [2.05, 4.69) is 11.1 Å². The fraction of sp³-hybridized carbons (Fsp3) is 0.0769. The number of hydrogen-bond donors (Lipinski definition) is 1. The van der Waals surface area contributed by atoms with Gasteiger partial charge in [-0.15, -0.1) is 0 Å². The number of nitrogen functional groups attached to an aromatic ring is 1. The molecule has 1 heterocycles. The van der Waals surface area contributed by atoms with Gasteiger partial charge < -0.3 is 10.5 Å². The highest BCUT2D eigenvalue weighted by Gasteiger charge is 2.06. The Kier molecular flexibility index (Phi) is 3.70. The van der Waals surface area contributed by atoms with E-state index >= 15 is 0 Å². The molecule has 1 aromatic carbocycles. The van der Waals surface area contributed by atoms with Gasteiger partial charge in [0.2, 0.25) is 0 Å². The van der Waals surface area contributed by atoms with Gasteiger partial charge in [0.05, 0.1) is 24.6 Å². The van der Waals surface area contributed by atoms with Crippen LogP contribution in [0.3, 0.4) is 0 Å². The number of hydrogen-bond acceptors (Lipinski definition) is 5. The topological polar surface area (TPSA) is 71.9 Å². The summed E-state index contributed by atoms with van der Waals surface area (Å²) >= 11 is 1.42. The molecular weight excluding hydrogens is 246 g/mol. The first-order chi connectivity index (χ1) is 8.72. The van der Waals surface area contributed by atoms with Crippen LogP contribution >= 0.6 is 11.8 Å². The Bertz CT molecular complexity index is 590. The number of pyridine rings is 1. The molecule has 0 amide bonds. The molecule has 18 heavy (non-hydrogen) atoms. The highest BCUT2D eigenvalue weighted by atomic mass is 32.2. The Morgan fingerprint density at radius 3 is 2.67 bits per heavy atom. The first-order valence-corrected chi connectivity index (χ1v) is 6.02. The number of ether oxygens (including phenoxy) is 1. The molecule has 0 aliphatic carbocycles. The van der Waals surface area contributed by atoms with Crippen LogP contribution < -0.4 is 10.5 Å². The van der Waals surface area contributed by atoms with Crippen molar-refractivity contribution in [3.8, 4) is 11.8 Å². The number of methoxy groups -OCH3 is 1. The van der Waals surface area contributed by atoms with Crippen LogP contribution in [0.4, 0.5) is 5.69 Å². The Hall–Kier alpha value is -2.19. The molecule has 0 saturated heterocycles. The molecule has 0 atom stereocenters. The number of anilines is 1. The van der Waals surface area contributed by atoms with Gasteiger partial charge in [0.1, 0.15) is 16.8 Å². The Labute approximate surface area is 109 Å². The normalized spacial score (nSPS) is 9.78. The van der Waals surface area contributed by atoms with Crippen LogP contribution in [0.1, 0.15) is 5.56 Å². The summed E-state index contributed by atoms with van der Waals surface area (Å²) in [5.41, 5.74) is 6.57. The number of nitrogens with two attached hydrogens (primary N) is 1. The van der Waals surface area contributed by atoms with Gasteiger partial charge in [-0.3, -0.25) is 0 Å². The zero-order valence-corrected chi connectivity index (χ0v) is 10.6. The van der Waals surface area contributed by atoms with Gasteiger partial charge in [0.25, 0.3) is 0 Å². The number of nitrogens with zero attached hydrogens (tertiary/aromatic N) is 2. The SMILES string of the molecule is COc1ccc(Sc2ncc(N)cc2C#N)cc1. The van der Waals surface area contributed by atoms with Gasteiger partial charge in [0.15, 0.2) is 0 Å². The largest absolute Gasteiger partial charge is 0.497 e. The summed E-state index contributed by atoms with van der Waals surface area (Å²) in [5.74, 6) is 0.796. The average molecular weight is 257 g/mol. The van der Waals surface area contributed by atoms with Crippen LogP contribution in [0.2, 0.25) is 0 Å². The fourth-order valence-corrected chi connectivity index (χ4v) is 2.20. The van der Waals surface area contributed by atoms with Crippen molar-refractivity contribution in [2.45, 2.75) is 9.92 Å². The van der Waals surface area contributed by atoms with Gasteiger partial charge in [-0.25, -0.2) is 4.98 Å². The lowest BCUT2D eigenvalue weighted by molar-refractivity contribution is 0.414. The Morgan fingerprint density at radius 2 is 2.06 bits per heavy atom. The molecule has 2 N–H and O–H groups in total. The molecule has 0 fully saturated rings. The van der Waals surface area contributed by atoms with E-state index in [9.17, 15) is 0 Å². The molecule has 0 bridgehead atoms. The maximum absolute atomic E-state index is 9.02. The summed E-state index contributed by atoms with van der Waals surface area (Å²) in [6.07, 6.45) is 1.55. The predicted molar refractivity (Wildman–Crippen MR) is 70.5 cm³/mol. The van der Waals surface area contributed by atoms with Crippen molar-refractivity contribution >= 4 is 17.4 Å². The monoisotopic (exact) mass is 257 g/mol. The second-order valence-electron chi connectivity index (χ2n) is 3.51. The van der Waals surface area contributed by atoms with E-state index in [-0.39, 0.29) is 0 Å². The molecule has 90 valence electrons. The molecule has 0 spiro atoms. The lowest BCUT2D eigenvalue weighted by Gasteiger charge is -2.04. The summed E-state index contributed by atoms with van der Waals surface area (Å²) in [5, 5.41) is 9.67. The van der Waals surface area contributed by atoms with Crippen molar-refractivity contribution in [2.24, 2.45) is 0 Å². The van der Waals surface area contributed by atoms with E-state index < -0.39 is 0 Å². The smallest absolute Gasteiger partial charge is 0.119 e. The summed E-state index contributed by atoms with van der Waals surface area (Å²) in [6.45, 7) is 0. The second kappa shape index (κ2) is 5.43. The number of rotatable bonds is 3. The molecule has 4 nitrogen and oxygen atoms in total. The molecule has 0 unspecified atom stereocenters. The van der Waals surface area contributed by atoms with Crippen molar-refractivity contribution in [3.63, 3.8) is 0 Å². The summed E-state index contributed by atoms with van der Waals surface area (Å²) in [6, 6.07) is 11.3. The predicted octanol–water partition coefficient (Wildman–Crippen LogP) is 2.70. The zero-order valence-electron chi connectivity index (χ0n) is 9.75. The minimum atomic E-state index is 0.482. The Morgan fingerprint density at radius 1 is 1.33 bits per heavy atom. The summed E-state index contributed by atoms with van der Waals surface area (Å²) in [4.78, 5) is 5.16. The van der Waals surface area contributed by atoms with Crippen molar-refractivity contribution in [2.75, 3.05) is 12.8 Å². The maximum atomic E-state index is 9.02. The maximum Gasteiger partial charge on any atom is 0.119 e. The molecule has 0 radical (unpaired) electrons. The molecule has 0 aliphatic heterocycles. The third kappa shape index (κ3) is 2.73. The second-order valence-corrected chi connectivity index (χ2v) is 4.57. The fourth-order valence-electron chi connectivity index (χ4n) is 1.39. The third-order valence-corrected chi connectivity index (χ3v) is 3.29. The van der Waals surface area contributed by atoms with Gasteiger partial charge in [-0.2, -0.15) is 5.26 Å². The standard InChI is InChI=1S/C13H11N3OS/c1-17-11-2-4-12(5-3-11)18-13-9(7-14)6-10(15)8-16-13/h2-6,8H,15H2,1H3. The first-order valence-electron chi connectivity index (χ1n) is 5.20. The number of aromatic nitrogens is 1. The van der Waals surface area contributed by atoms with Crippen LogP contribution in [0.5, 0.6) is 5.75 Å². The average Bonchev–Trinajstić information content (AvgIpc) is 2.41. The van der Waals surface area contributed by atoms with Crippen LogP contribution in [0, 0.1) is 11.3 Å². The van der Waals surface area contributed by atoms with Crippen molar-refractivity contribution in [1.29, 1.82) is 5.26 Å². The lowest BCUT2D eigenvalue weighted by atomic mass is 10.3. The quantitative estimate of drug-likeness (QED) is 0.915. The van der Waals surface area contributed by atoms with Gasteiger partial charge in [-0.05, 0) is 30.3 Å². The van der Waals surface area contributed by atoms with Crippen LogP contribution in [0.25, 0.3) is 0 Å². The van der Waals surface area contributed by atoms with Gasteiger partial charge in [-0.1, -0.05) is 11.8 Å². The van der Waals surface area contributed by atoms with Crippen LogP contribution in [0.15, 0.2) is 46.5 Å². The van der Waals surface area contributed by atoms with Crippen molar-refractivity contribution in [1.82, 2.24) is 4.98 Å². The third-order valence-electron chi connectivity index (χ3n) is 2.27. The Balaban J connectivity index is 2.25. The minimum Gasteiger partial charge on any atom is -0.497 e.